The van der Waals surface area contributed by atoms with E-state index in [0.29, 0.717) is 22.7 Å². The molecule has 0 saturated carbocycles. The van der Waals surface area contributed by atoms with Gasteiger partial charge in [-0.2, -0.15) is 8.42 Å². The summed E-state index contributed by atoms with van der Waals surface area (Å²) in [4.78, 5) is 14.9. The number of sulfonamides is 1. The van der Waals surface area contributed by atoms with Gasteiger partial charge in [0.1, 0.15) is 17.3 Å². The van der Waals surface area contributed by atoms with Crippen LogP contribution in [0.5, 0.6) is 5.75 Å². The zero-order chi connectivity index (χ0) is 26.0. The van der Waals surface area contributed by atoms with Crippen LogP contribution in [0.2, 0.25) is 0 Å². The molecule has 0 amide bonds. The van der Waals surface area contributed by atoms with Crippen LogP contribution in [0.25, 0.3) is 10.8 Å². The Bertz CT molecular complexity index is 1610. The molecule has 0 bridgehead atoms. The summed E-state index contributed by atoms with van der Waals surface area (Å²) in [6.45, 7) is 2.14. The van der Waals surface area contributed by atoms with Gasteiger partial charge in [0, 0.05) is 18.0 Å². The summed E-state index contributed by atoms with van der Waals surface area (Å²) in [6.07, 6.45) is -0.713. The zero-order valence-electron chi connectivity index (χ0n) is 20.5. The lowest BCUT2D eigenvalue weighted by Crippen LogP contribution is -2.39. The highest BCUT2D eigenvalue weighted by molar-refractivity contribution is 7.90. The summed E-state index contributed by atoms with van der Waals surface area (Å²) >= 11 is 0. The molecule has 1 atom stereocenters. The van der Waals surface area contributed by atoms with Crippen molar-refractivity contribution in [2.45, 2.75) is 17.9 Å². The van der Waals surface area contributed by atoms with E-state index < -0.39 is 22.1 Å². The molecule has 37 heavy (non-hydrogen) atoms. The number of benzene rings is 4. The van der Waals surface area contributed by atoms with Crippen LogP contribution in [0, 0.1) is 6.92 Å². The van der Waals surface area contributed by atoms with Gasteiger partial charge in [0.25, 0.3) is 10.0 Å². The van der Waals surface area contributed by atoms with Crippen molar-refractivity contribution >= 4 is 32.6 Å². The molecule has 4 aromatic rings. The Morgan fingerprint density at radius 1 is 0.946 bits per heavy atom. The number of carbonyl (C=O) groups excluding carboxylic acids is 1. The predicted octanol–water partition coefficient (Wildman–Crippen LogP) is 4.83. The van der Waals surface area contributed by atoms with E-state index in [0.717, 1.165) is 16.3 Å². The highest BCUT2D eigenvalue weighted by Crippen LogP contribution is 2.28. The molecular weight excluding hydrogens is 488 g/mol. The van der Waals surface area contributed by atoms with Gasteiger partial charge in [0.05, 0.1) is 12.1 Å². The van der Waals surface area contributed by atoms with Crippen LogP contribution in [-0.4, -0.2) is 51.4 Å². The average molecular weight is 515 g/mol. The second kappa shape index (κ2) is 10.1. The molecule has 1 unspecified atom stereocenters. The fourth-order valence-electron chi connectivity index (χ4n) is 4.38. The molecule has 7 nitrogen and oxygen atoms in total. The van der Waals surface area contributed by atoms with Gasteiger partial charge in [-0.1, -0.05) is 66.2 Å². The van der Waals surface area contributed by atoms with Crippen molar-refractivity contribution in [3.05, 3.63) is 108 Å². The van der Waals surface area contributed by atoms with Gasteiger partial charge in [-0.05, 0) is 42.6 Å². The molecule has 8 heteroatoms. The van der Waals surface area contributed by atoms with Crippen molar-refractivity contribution < 1.29 is 22.7 Å². The van der Waals surface area contributed by atoms with Crippen LogP contribution in [0.3, 0.4) is 0 Å². The van der Waals surface area contributed by atoms with E-state index in [4.69, 9.17) is 9.47 Å². The maximum Gasteiger partial charge on any atom is 0.338 e. The second-order valence-corrected chi connectivity index (χ2v) is 10.5. The fraction of sp³-hybridized carbons (Fsp3) is 0.172. The minimum atomic E-state index is -3.78. The van der Waals surface area contributed by atoms with Gasteiger partial charge in [0.2, 0.25) is 0 Å². The molecule has 0 aliphatic carbocycles. The van der Waals surface area contributed by atoms with Crippen LogP contribution in [0.1, 0.15) is 21.5 Å². The van der Waals surface area contributed by atoms with E-state index in [9.17, 15) is 13.2 Å². The Kier molecular flexibility index (Phi) is 6.67. The van der Waals surface area contributed by atoms with Crippen LogP contribution >= 0.6 is 0 Å². The first-order chi connectivity index (χ1) is 17.8. The molecule has 1 aliphatic rings. The third kappa shape index (κ3) is 5.20. The number of esters is 1. The maximum atomic E-state index is 13.0. The lowest BCUT2D eigenvalue weighted by Gasteiger charge is -2.26. The van der Waals surface area contributed by atoms with Gasteiger partial charge in [-0.3, -0.25) is 0 Å². The van der Waals surface area contributed by atoms with Crippen molar-refractivity contribution in [1.29, 1.82) is 0 Å². The highest BCUT2D eigenvalue weighted by Gasteiger charge is 2.32. The molecule has 1 aliphatic heterocycles. The monoisotopic (exact) mass is 514 g/mol. The lowest BCUT2D eigenvalue weighted by atomic mass is 10.1. The van der Waals surface area contributed by atoms with Crippen molar-refractivity contribution in [3.8, 4) is 5.75 Å². The van der Waals surface area contributed by atoms with E-state index in [-0.39, 0.29) is 18.0 Å². The van der Waals surface area contributed by atoms with Crippen molar-refractivity contribution in [2.24, 2.45) is 4.40 Å². The summed E-state index contributed by atoms with van der Waals surface area (Å²) in [7, 11) is -2.05. The van der Waals surface area contributed by atoms with Gasteiger partial charge in [0.15, 0.2) is 11.9 Å². The molecule has 0 aromatic heterocycles. The number of likely N-dealkylation sites (N-methyl/N-ethyl adjacent to an activating group) is 1. The first kappa shape index (κ1) is 24.5. The molecule has 0 fully saturated rings. The largest absolute Gasteiger partial charge is 0.489 e. The third-order valence-electron chi connectivity index (χ3n) is 6.15. The number of nitrogens with zero attached hydrogens (tertiary/aromatic N) is 2. The maximum absolute atomic E-state index is 13.0. The smallest absolute Gasteiger partial charge is 0.338 e. The molecule has 0 saturated heterocycles. The molecule has 0 spiro atoms. The topological polar surface area (TPSA) is 85.3 Å². The molecule has 5 rings (SSSR count). The van der Waals surface area contributed by atoms with Crippen molar-refractivity contribution in [3.63, 3.8) is 0 Å². The second-order valence-electron chi connectivity index (χ2n) is 8.95. The van der Waals surface area contributed by atoms with Gasteiger partial charge >= 0.3 is 5.97 Å². The Balaban J connectivity index is 1.40. The standard InChI is InChI=1S/C29H26N2O5S/c1-20-9-7-12-22(17-20)29(32)36-23(19-35-26-15-8-11-21-10-3-4-13-24(21)26)18-31(2)28-25-14-5-6-16-27(25)37(33,34)30-28/h3-17,23H,18-19H2,1-2H3. The minimum Gasteiger partial charge on any atom is -0.489 e. The van der Waals surface area contributed by atoms with E-state index in [2.05, 4.69) is 4.40 Å². The van der Waals surface area contributed by atoms with E-state index in [1.807, 2.05) is 55.5 Å². The SMILES string of the molecule is Cc1cccc(C(=O)OC(COc2cccc3ccccc23)CN(C)C2=NS(=O)(=O)c3ccccc32)c1. The van der Waals surface area contributed by atoms with Gasteiger partial charge < -0.3 is 14.4 Å². The normalized spacial score (nSPS) is 14.5. The molecule has 4 aromatic carbocycles. The van der Waals surface area contributed by atoms with Gasteiger partial charge in [-0.15, -0.1) is 4.40 Å². The fourth-order valence-corrected chi connectivity index (χ4v) is 5.63. The number of carbonyl (C=O) groups is 1. The highest BCUT2D eigenvalue weighted by atomic mass is 32.2. The Labute approximate surface area is 216 Å². The first-order valence-corrected chi connectivity index (χ1v) is 13.3. The minimum absolute atomic E-state index is 0.0670. The quantitative estimate of drug-likeness (QED) is 0.328. The van der Waals surface area contributed by atoms with Gasteiger partial charge in [-0.25, -0.2) is 4.79 Å². The van der Waals surface area contributed by atoms with E-state index >= 15 is 0 Å². The number of ether oxygens (including phenoxy) is 2. The zero-order valence-corrected chi connectivity index (χ0v) is 21.3. The number of fused-ring (bicyclic) bond motifs is 2. The lowest BCUT2D eigenvalue weighted by molar-refractivity contribution is 0.0132. The number of aryl methyl sites for hydroxylation is 1. The third-order valence-corrected chi connectivity index (χ3v) is 7.48. The average Bonchev–Trinajstić information content (AvgIpc) is 3.18. The van der Waals surface area contributed by atoms with Crippen LogP contribution in [-0.2, 0) is 14.8 Å². The molecule has 0 radical (unpaired) electrons. The number of hydrogen-bond acceptors (Lipinski definition) is 6. The Morgan fingerprint density at radius 3 is 2.51 bits per heavy atom. The predicted molar refractivity (Wildman–Crippen MR) is 143 cm³/mol. The van der Waals surface area contributed by atoms with Crippen molar-refractivity contribution in [2.75, 3.05) is 20.2 Å². The molecule has 0 N–H and O–H groups in total. The molecule has 188 valence electrons. The number of amidine groups is 1. The summed E-state index contributed by atoms with van der Waals surface area (Å²) < 4.78 is 41.1. The summed E-state index contributed by atoms with van der Waals surface area (Å²) in [5, 5.41) is 1.98. The number of rotatable bonds is 7. The van der Waals surface area contributed by atoms with E-state index in [1.54, 1.807) is 48.3 Å². The molecular formula is C29H26N2O5S. The Morgan fingerprint density at radius 2 is 1.68 bits per heavy atom. The van der Waals surface area contributed by atoms with Crippen molar-refractivity contribution in [1.82, 2.24) is 4.90 Å². The van der Waals surface area contributed by atoms with Crippen LogP contribution < -0.4 is 4.74 Å². The number of hydrogen-bond donors (Lipinski definition) is 0. The summed E-state index contributed by atoms with van der Waals surface area (Å²) in [6, 6.07) is 27.5. The van der Waals surface area contributed by atoms with Crippen LogP contribution in [0.4, 0.5) is 0 Å². The summed E-state index contributed by atoms with van der Waals surface area (Å²) in [5.74, 6) is 0.492. The van der Waals surface area contributed by atoms with Crippen LogP contribution in [0.15, 0.2) is 100 Å². The molecule has 1 heterocycles. The summed E-state index contributed by atoms with van der Waals surface area (Å²) in [5.41, 5.74) is 1.89. The Hall–Kier alpha value is -4.17. The first-order valence-electron chi connectivity index (χ1n) is 11.9. The van der Waals surface area contributed by atoms with E-state index in [1.165, 1.54) is 6.07 Å².